The summed E-state index contributed by atoms with van der Waals surface area (Å²) < 4.78 is 11.1. The number of unbranched alkanes of at least 4 members (excludes halogenated alkanes) is 1. The largest absolute Gasteiger partial charge is 0.481 e. The number of anilines is 1. The number of carbonyl (C=O) groups excluding carboxylic acids is 2. The lowest BCUT2D eigenvalue weighted by molar-refractivity contribution is -0.143. The lowest BCUT2D eigenvalue weighted by Gasteiger charge is -2.31. The van der Waals surface area contributed by atoms with Gasteiger partial charge in [-0.2, -0.15) is 0 Å². The number of aliphatic carboxylic acids is 1. The van der Waals surface area contributed by atoms with Crippen LogP contribution in [0.1, 0.15) is 63.5 Å². The van der Waals surface area contributed by atoms with Crippen LogP contribution in [0.25, 0.3) is 0 Å². The summed E-state index contributed by atoms with van der Waals surface area (Å²) >= 11 is 0. The topological polar surface area (TPSA) is 126 Å². The van der Waals surface area contributed by atoms with Gasteiger partial charge in [-0.3, -0.25) is 19.3 Å². The molecule has 3 aliphatic rings. The van der Waals surface area contributed by atoms with Crippen LogP contribution in [0.2, 0.25) is 0 Å². The molecular weight excluding hydrogens is 548 g/mol. The summed E-state index contributed by atoms with van der Waals surface area (Å²) in [7, 11) is 0. The molecule has 0 bridgehead atoms. The van der Waals surface area contributed by atoms with E-state index in [1.165, 1.54) is 0 Å². The highest BCUT2D eigenvalue weighted by molar-refractivity contribution is 5.95. The molecule has 3 aliphatic heterocycles. The van der Waals surface area contributed by atoms with Crippen molar-refractivity contribution < 1.29 is 29.0 Å². The third-order valence-corrected chi connectivity index (χ3v) is 8.99. The van der Waals surface area contributed by atoms with Crippen LogP contribution in [0.5, 0.6) is 11.5 Å². The Morgan fingerprint density at radius 2 is 1.93 bits per heavy atom. The molecule has 2 amide bonds. The molecule has 0 radical (unpaired) electrons. The minimum atomic E-state index is -0.908. The fourth-order valence-electron chi connectivity index (χ4n) is 6.83. The second kappa shape index (κ2) is 12.9. The molecule has 10 nitrogen and oxygen atoms in total. The Morgan fingerprint density at radius 1 is 1.14 bits per heavy atom. The number of carbonyl (C=O) groups is 3. The summed E-state index contributed by atoms with van der Waals surface area (Å²) in [5, 5.41) is 10.6. The molecule has 0 spiro atoms. The number of hydrogen-bond acceptors (Lipinski definition) is 7. The van der Waals surface area contributed by atoms with Crippen molar-refractivity contribution in [3.05, 3.63) is 53.6 Å². The molecule has 0 aromatic heterocycles. The first-order valence-corrected chi connectivity index (χ1v) is 15.3. The van der Waals surface area contributed by atoms with Gasteiger partial charge in [0.1, 0.15) is 0 Å². The number of fused-ring (bicyclic) bond motifs is 1. The number of benzene rings is 2. The highest BCUT2D eigenvalue weighted by Crippen LogP contribution is 2.43. The molecule has 10 heteroatoms. The second-order valence-corrected chi connectivity index (χ2v) is 12.8. The van der Waals surface area contributed by atoms with Crippen molar-refractivity contribution in [3.8, 4) is 11.5 Å². The summed E-state index contributed by atoms with van der Waals surface area (Å²) in [5.41, 5.74) is 8.36. The number of carboxylic acid groups (broad SMARTS) is 1. The predicted octanol–water partition coefficient (Wildman–Crippen LogP) is 3.82. The van der Waals surface area contributed by atoms with Gasteiger partial charge in [-0.1, -0.05) is 45.4 Å². The van der Waals surface area contributed by atoms with E-state index >= 15 is 0 Å². The zero-order valence-corrected chi connectivity index (χ0v) is 25.5. The number of nitrogens with zero attached hydrogens (tertiary/aromatic N) is 3. The third-order valence-electron chi connectivity index (χ3n) is 8.99. The van der Waals surface area contributed by atoms with Crippen LogP contribution in [0.4, 0.5) is 5.69 Å². The van der Waals surface area contributed by atoms with Crippen molar-refractivity contribution in [2.45, 2.75) is 65.0 Å². The van der Waals surface area contributed by atoms with E-state index in [9.17, 15) is 19.5 Å². The fourth-order valence-corrected chi connectivity index (χ4v) is 6.83. The standard InChI is InChI=1S/C33H44N4O6/c1-4-5-12-37(24-8-6-7-22(14-24)17-34)30(39)19-36-18-25(23-9-10-27-28(15-23)43-21-42-27)31(32(40)41)26(36)11-13-35-20-33(2,3)16-29(35)38/h6-10,14-15,25-26,31H,4-5,11-13,16-21,34H2,1-3H3,(H,40,41)/t25-,26+,31-/m1/s1. The van der Waals surface area contributed by atoms with E-state index in [-0.39, 0.29) is 36.5 Å². The van der Waals surface area contributed by atoms with Gasteiger partial charge in [-0.25, -0.2) is 0 Å². The van der Waals surface area contributed by atoms with Crippen molar-refractivity contribution in [2.75, 3.05) is 44.4 Å². The SMILES string of the molecule is CCCCN(C(=O)CN1C[C@H](c2ccc3c(c2)OCO3)[C@@H](C(=O)O)[C@@H]1CCN1CC(C)(C)CC1=O)c1cccc(CN)c1. The molecule has 2 fully saturated rings. The van der Waals surface area contributed by atoms with Gasteiger partial charge in [0.15, 0.2) is 11.5 Å². The molecule has 2 aromatic rings. The Labute approximate surface area is 253 Å². The van der Waals surface area contributed by atoms with Crippen molar-refractivity contribution >= 4 is 23.5 Å². The van der Waals surface area contributed by atoms with E-state index < -0.39 is 17.9 Å². The number of nitrogens with two attached hydrogens (primary N) is 1. The van der Waals surface area contributed by atoms with Crippen LogP contribution < -0.4 is 20.1 Å². The summed E-state index contributed by atoms with van der Waals surface area (Å²) in [4.78, 5) is 45.4. The van der Waals surface area contributed by atoms with E-state index in [1.807, 2.05) is 52.3 Å². The maximum Gasteiger partial charge on any atom is 0.308 e. The Morgan fingerprint density at radius 3 is 2.63 bits per heavy atom. The number of amides is 2. The van der Waals surface area contributed by atoms with Gasteiger partial charge in [0, 0.05) is 56.8 Å². The summed E-state index contributed by atoms with van der Waals surface area (Å²) in [6, 6.07) is 12.9. The lowest BCUT2D eigenvalue weighted by atomic mass is 9.84. The number of hydrogen-bond donors (Lipinski definition) is 2. The molecule has 3 atom stereocenters. The Hall–Kier alpha value is -3.63. The first kappa shape index (κ1) is 30.8. The lowest BCUT2D eigenvalue weighted by Crippen LogP contribution is -2.45. The Bertz CT molecular complexity index is 1350. The number of carboxylic acids is 1. The summed E-state index contributed by atoms with van der Waals surface area (Å²) in [6.07, 6.45) is 2.72. The normalized spacial score (nSPS) is 22.7. The number of rotatable bonds is 12. The zero-order chi connectivity index (χ0) is 30.7. The summed E-state index contributed by atoms with van der Waals surface area (Å²) in [6.45, 7) is 8.88. The van der Waals surface area contributed by atoms with Gasteiger partial charge < -0.3 is 30.1 Å². The van der Waals surface area contributed by atoms with Gasteiger partial charge in [0.2, 0.25) is 18.6 Å². The molecule has 0 saturated carbocycles. The molecule has 2 aromatic carbocycles. The quantitative estimate of drug-likeness (QED) is 0.381. The minimum absolute atomic E-state index is 0.0749. The predicted molar refractivity (Wildman–Crippen MR) is 163 cm³/mol. The van der Waals surface area contributed by atoms with E-state index in [1.54, 1.807) is 4.90 Å². The van der Waals surface area contributed by atoms with Gasteiger partial charge >= 0.3 is 5.97 Å². The monoisotopic (exact) mass is 592 g/mol. The summed E-state index contributed by atoms with van der Waals surface area (Å²) in [5.74, 6) is -0.781. The Balaban J connectivity index is 1.43. The van der Waals surface area contributed by atoms with Crippen LogP contribution in [0, 0.1) is 11.3 Å². The molecule has 232 valence electrons. The minimum Gasteiger partial charge on any atom is -0.481 e. The van der Waals surface area contributed by atoms with E-state index in [2.05, 4.69) is 20.8 Å². The van der Waals surface area contributed by atoms with Crippen molar-refractivity contribution in [3.63, 3.8) is 0 Å². The van der Waals surface area contributed by atoms with Crippen LogP contribution in [-0.2, 0) is 20.9 Å². The molecule has 0 aliphatic carbocycles. The van der Waals surface area contributed by atoms with Gasteiger partial charge in [-0.05, 0) is 53.6 Å². The maximum atomic E-state index is 14.0. The van der Waals surface area contributed by atoms with Crippen LogP contribution in [-0.4, -0.2) is 78.2 Å². The molecule has 0 unspecified atom stereocenters. The van der Waals surface area contributed by atoms with Gasteiger partial charge in [0.05, 0.1) is 12.5 Å². The first-order valence-electron chi connectivity index (χ1n) is 15.3. The number of ether oxygens (including phenoxy) is 2. The average Bonchev–Trinajstić information content (AvgIpc) is 3.66. The second-order valence-electron chi connectivity index (χ2n) is 12.8. The molecule has 43 heavy (non-hydrogen) atoms. The van der Waals surface area contributed by atoms with Crippen LogP contribution in [0.3, 0.4) is 0 Å². The fraction of sp³-hybridized carbons (Fsp3) is 0.545. The van der Waals surface area contributed by atoms with Crippen molar-refractivity contribution in [1.82, 2.24) is 9.80 Å². The smallest absolute Gasteiger partial charge is 0.308 e. The molecule has 2 saturated heterocycles. The van der Waals surface area contributed by atoms with Gasteiger partial charge in [-0.15, -0.1) is 0 Å². The highest BCUT2D eigenvalue weighted by atomic mass is 16.7. The van der Waals surface area contributed by atoms with Gasteiger partial charge in [0.25, 0.3) is 0 Å². The Kier molecular flexibility index (Phi) is 9.27. The molecule has 3 N–H and O–H groups in total. The van der Waals surface area contributed by atoms with E-state index in [0.717, 1.165) is 29.7 Å². The number of likely N-dealkylation sites (tertiary alicyclic amines) is 2. The maximum absolute atomic E-state index is 14.0. The third kappa shape index (κ3) is 6.80. The average molecular weight is 593 g/mol. The highest BCUT2D eigenvalue weighted by Gasteiger charge is 2.48. The van der Waals surface area contributed by atoms with E-state index in [0.29, 0.717) is 57.1 Å². The molecular formula is C33H44N4O6. The van der Waals surface area contributed by atoms with E-state index in [4.69, 9.17) is 15.2 Å². The first-order chi connectivity index (χ1) is 20.6. The van der Waals surface area contributed by atoms with Crippen LogP contribution in [0.15, 0.2) is 42.5 Å². The van der Waals surface area contributed by atoms with Crippen molar-refractivity contribution in [2.24, 2.45) is 17.1 Å². The van der Waals surface area contributed by atoms with Crippen LogP contribution >= 0.6 is 0 Å². The molecule has 5 rings (SSSR count). The van der Waals surface area contributed by atoms with Crippen molar-refractivity contribution in [1.29, 1.82) is 0 Å². The zero-order valence-electron chi connectivity index (χ0n) is 25.5. The molecule has 3 heterocycles.